The van der Waals surface area contributed by atoms with Crippen molar-refractivity contribution < 1.29 is 51.8 Å². The fourth-order valence-corrected chi connectivity index (χ4v) is 12.2. The molecule has 1 heterocycles. The Morgan fingerprint density at radius 1 is 0.456 bits per heavy atom. The van der Waals surface area contributed by atoms with Crippen LogP contribution in [0.1, 0.15) is 361 Å². The van der Waals surface area contributed by atoms with Crippen LogP contribution in [0.5, 0.6) is 0 Å². The molecule has 0 aromatic carbocycles. The van der Waals surface area contributed by atoms with E-state index < -0.39 is 59.9 Å². The van der Waals surface area contributed by atoms with Crippen molar-refractivity contribution in [2.75, 3.05) is 13.2 Å². The van der Waals surface area contributed by atoms with E-state index in [-0.39, 0.29) is 12.5 Å². The van der Waals surface area contributed by atoms with Gasteiger partial charge in [0, 0.05) is 6.42 Å². The smallest absolute Gasteiger partial charge is 0.394 e. The first-order valence-corrected chi connectivity index (χ1v) is 35.8. The van der Waals surface area contributed by atoms with Crippen molar-refractivity contribution in [3.63, 3.8) is 0 Å². The number of amides is 1. The zero-order valence-electron chi connectivity index (χ0n) is 51.7. The molecule has 0 aromatic heterocycles. The van der Waals surface area contributed by atoms with Gasteiger partial charge in [-0.2, -0.15) is 8.42 Å². The SMILES string of the molecule is CCCCCCCCCCCCCCCCCCCCCCCCCCCCCCCCCCCC(=O)NC(COC1OC(CO)C(O)C(OS(=O)(=O)O)C1O)C(O)CCCCCCCCCCCCCCCCCCCCC. The van der Waals surface area contributed by atoms with Crippen LogP contribution >= 0.6 is 0 Å². The minimum Gasteiger partial charge on any atom is -0.394 e. The molecule has 1 aliphatic heterocycles. The van der Waals surface area contributed by atoms with Crippen LogP contribution in [0.25, 0.3) is 0 Å². The first-order valence-electron chi connectivity index (χ1n) is 34.4. The summed E-state index contributed by atoms with van der Waals surface area (Å²) in [7, 11) is -5.08. The third-order valence-corrected chi connectivity index (χ3v) is 17.4. The number of hydrogen-bond acceptors (Lipinski definition) is 10. The van der Waals surface area contributed by atoms with E-state index in [0.29, 0.717) is 12.8 Å². The molecule has 472 valence electrons. The van der Waals surface area contributed by atoms with E-state index in [1.807, 2.05) is 0 Å². The molecule has 1 saturated heterocycles. The van der Waals surface area contributed by atoms with Gasteiger partial charge in [0.15, 0.2) is 6.29 Å². The number of carbonyl (C=O) groups is 1. The van der Waals surface area contributed by atoms with Gasteiger partial charge >= 0.3 is 10.4 Å². The summed E-state index contributed by atoms with van der Waals surface area (Å²) in [5, 5.41) is 45.3. The lowest BCUT2D eigenvalue weighted by Gasteiger charge is -2.41. The predicted molar refractivity (Wildman–Crippen MR) is 329 cm³/mol. The zero-order chi connectivity index (χ0) is 57.5. The molecular weight excluding hydrogens is 1010 g/mol. The first-order chi connectivity index (χ1) is 38.5. The summed E-state index contributed by atoms with van der Waals surface area (Å²) in [5.74, 6) is -0.220. The molecule has 6 N–H and O–H groups in total. The minimum atomic E-state index is -5.08. The molecule has 79 heavy (non-hydrogen) atoms. The number of ether oxygens (including phenoxy) is 2. The highest BCUT2D eigenvalue weighted by Crippen LogP contribution is 2.27. The Balaban J connectivity index is 2.19. The monoisotopic (exact) mass is 1150 g/mol. The maximum Gasteiger partial charge on any atom is 0.397 e. The molecule has 7 unspecified atom stereocenters. The third-order valence-electron chi connectivity index (χ3n) is 16.9. The lowest BCUT2D eigenvalue weighted by atomic mass is 9.99. The molecule has 0 radical (unpaired) electrons. The Labute approximate surface area is 488 Å². The van der Waals surface area contributed by atoms with Crippen molar-refractivity contribution in [2.24, 2.45) is 0 Å². The predicted octanol–water partition coefficient (Wildman–Crippen LogP) is 17.6. The molecule has 1 aliphatic rings. The van der Waals surface area contributed by atoms with E-state index in [4.69, 9.17) is 9.47 Å². The number of aliphatic hydroxyl groups is 4. The van der Waals surface area contributed by atoms with E-state index >= 15 is 0 Å². The van der Waals surface area contributed by atoms with Crippen molar-refractivity contribution in [1.29, 1.82) is 0 Å². The summed E-state index contributed by atoms with van der Waals surface area (Å²) in [5.41, 5.74) is 0. The lowest BCUT2D eigenvalue weighted by Crippen LogP contribution is -2.61. The average molecular weight is 1150 g/mol. The van der Waals surface area contributed by atoms with Crippen molar-refractivity contribution in [3.8, 4) is 0 Å². The van der Waals surface area contributed by atoms with Crippen LogP contribution in [-0.2, 0) is 28.9 Å². The second-order valence-corrected chi connectivity index (χ2v) is 25.5. The normalized spacial score (nSPS) is 18.6. The van der Waals surface area contributed by atoms with Gasteiger partial charge in [0.1, 0.15) is 24.4 Å². The van der Waals surface area contributed by atoms with Gasteiger partial charge in [-0.3, -0.25) is 9.35 Å². The Morgan fingerprint density at radius 3 is 1.01 bits per heavy atom. The zero-order valence-corrected chi connectivity index (χ0v) is 52.5. The van der Waals surface area contributed by atoms with Crippen LogP contribution in [0.2, 0.25) is 0 Å². The van der Waals surface area contributed by atoms with Crippen molar-refractivity contribution >= 4 is 16.3 Å². The molecule has 1 fully saturated rings. The summed E-state index contributed by atoms with van der Waals surface area (Å²) in [6.07, 6.45) is 60.0. The summed E-state index contributed by atoms with van der Waals surface area (Å²) >= 11 is 0. The highest BCUT2D eigenvalue weighted by atomic mass is 32.3. The minimum absolute atomic E-state index is 0.220. The van der Waals surface area contributed by atoms with E-state index in [2.05, 4.69) is 23.3 Å². The van der Waals surface area contributed by atoms with Gasteiger partial charge in [0.05, 0.1) is 25.4 Å². The van der Waals surface area contributed by atoms with Gasteiger partial charge in [-0.1, -0.05) is 341 Å². The Hall–Kier alpha value is -0.900. The van der Waals surface area contributed by atoms with Gasteiger partial charge in [-0.15, -0.1) is 0 Å². The van der Waals surface area contributed by atoms with Crippen LogP contribution in [0.15, 0.2) is 0 Å². The fourth-order valence-electron chi connectivity index (χ4n) is 11.6. The van der Waals surface area contributed by atoms with E-state index in [9.17, 15) is 38.2 Å². The Morgan fingerprint density at radius 2 is 0.734 bits per heavy atom. The van der Waals surface area contributed by atoms with Crippen LogP contribution < -0.4 is 5.32 Å². The highest BCUT2D eigenvalue weighted by Gasteiger charge is 2.48. The third kappa shape index (κ3) is 48.1. The Kier molecular flexibility index (Phi) is 54.2. The topological polar surface area (TPSA) is 192 Å². The molecule has 12 nitrogen and oxygen atoms in total. The molecule has 0 spiro atoms. The number of carbonyl (C=O) groups excluding carboxylic acids is 1. The van der Waals surface area contributed by atoms with E-state index in [1.165, 1.54) is 283 Å². The standard InChI is InChI=1S/C66H131NO11S/c1-3-5-7-9-11-13-15-17-19-21-23-24-25-26-27-28-29-30-31-32-33-34-35-36-38-40-42-44-46-48-50-52-54-56-62(70)67-59(58-76-66-64(72)65(78-79(73,74)75)63(71)61(57-68)77-66)60(69)55-53-51-49-47-45-43-41-39-37-22-20-18-16-14-12-10-8-6-4-2/h59-61,63-66,68-69,71-72H,3-58H2,1-2H3,(H,67,70)(H,73,74,75). The molecular formula is C66H131NO11S. The maximum absolute atomic E-state index is 13.2. The lowest BCUT2D eigenvalue weighted by molar-refractivity contribution is -0.298. The van der Waals surface area contributed by atoms with Gasteiger partial charge in [-0.05, 0) is 12.8 Å². The Bertz CT molecular complexity index is 1390. The fraction of sp³-hybridized carbons (Fsp3) is 0.985. The van der Waals surface area contributed by atoms with Crippen LogP contribution in [0.4, 0.5) is 0 Å². The summed E-state index contributed by atoms with van der Waals surface area (Å²) < 4.78 is 48.1. The molecule has 1 amide bonds. The second-order valence-electron chi connectivity index (χ2n) is 24.5. The molecule has 0 aromatic rings. The first kappa shape index (κ1) is 76.1. The molecule has 13 heteroatoms. The molecule has 0 saturated carbocycles. The summed E-state index contributed by atoms with van der Waals surface area (Å²) in [4.78, 5) is 13.2. The largest absolute Gasteiger partial charge is 0.397 e. The molecule has 7 atom stereocenters. The molecule has 0 aliphatic carbocycles. The van der Waals surface area contributed by atoms with E-state index in [0.717, 1.165) is 51.4 Å². The second kappa shape index (κ2) is 56.2. The molecule has 1 rings (SSSR count). The number of unbranched alkanes of at least 4 members (excludes halogenated alkanes) is 50. The van der Waals surface area contributed by atoms with Gasteiger partial charge in [0.25, 0.3) is 0 Å². The van der Waals surface area contributed by atoms with Crippen LogP contribution in [-0.4, -0.2) is 95.4 Å². The van der Waals surface area contributed by atoms with Crippen LogP contribution in [0.3, 0.4) is 0 Å². The van der Waals surface area contributed by atoms with Gasteiger partial charge in [0.2, 0.25) is 5.91 Å². The van der Waals surface area contributed by atoms with Crippen molar-refractivity contribution in [2.45, 2.75) is 403 Å². The van der Waals surface area contributed by atoms with Gasteiger partial charge < -0.3 is 35.2 Å². The van der Waals surface area contributed by atoms with E-state index in [1.54, 1.807) is 0 Å². The van der Waals surface area contributed by atoms with Crippen LogP contribution in [0, 0.1) is 0 Å². The number of aliphatic hydroxyl groups excluding tert-OH is 4. The number of rotatable bonds is 62. The average Bonchev–Trinajstić information content (AvgIpc) is 3.45. The van der Waals surface area contributed by atoms with Crippen molar-refractivity contribution in [3.05, 3.63) is 0 Å². The van der Waals surface area contributed by atoms with Crippen molar-refractivity contribution in [1.82, 2.24) is 5.32 Å². The molecule has 0 bridgehead atoms. The number of hydrogen-bond donors (Lipinski definition) is 6. The highest BCUT2D eigenvalue weighted by molar-refractivity contribution is 7.80. The maximum atomic E-state index is 13.2. The van der Waals surface area contributed by atoms with Gasteiger partial charge in [-0.25, -0.2) is 4.18 Å². The number of nitrogens with one attached hydrogen (secondary N) is 1. The summed E-state index contributed by atoms with van der Waals surface area (Å²) in [6, 6.07) is -0.854. The quantitative estimate of drug-likeness (QED) is 0.0251. The summed E-state index contributed by atoms with van der Waals surface area (Å²) in [6.45, 7) is 3.52.